The van der Waals surface area contributed by atoms with Gasteiger partial charge in [0.15, 0.2) is 0 Å². The molecular formula is C38H24N2. The Kier molecular flexibility index (Phi) is 5.17. The maximum atomic E-state index is 5.15. The van der Waals surface area contributed by atoms with Crippen LogP contribution in [-0.2, 0) is 0 Å². The van der Waals surface area contributed by atoms with Crippen LogP contribution < -0.4 is 0 Å². The van der Waals surface area contributed by atoms with Gasteiger partial charge in [-0.3, -0.25) is 0 Å². The molecule has 0 aliphatic heterocycles. The highest BCUT2D eigenvalue weighted by molar-refractivity contribution is 6.14. The Morgan fingerprint density at radius 1 is 0.350 bits per heavy atom. The van der Waals surface area contributed by atoms with Crippen LogP contribution in [0.25, 0.3) is 77.0 Å². The van der Waals surface area contributed by atoms with Gasteiger partial charge in [-0.15, -0.1) is 0 Å². The molecule has 0 aliphatic rings. The van der Waals surface area contributed by atoms with Crippen LogP contribution in [0.4, 0.5) is 0 Å². The lowest BCUT2D eigenvalue weighted by Gasteiger charge is -2.13. The zero-order valence-electron chi connectivity index (χ0n) is 21.8. The second-order valence-electron chi connectivity index (χ2n) is 10.2. The zero-order chi connectivity index (χ0) is 26.5. The molecule has 0 saturated heterocycles. The summed E-state index contributed by atoms with van der Waals surface area (Å²) in [6.45, 7) is 0. The van der Waals surface area contributed by atoms with Crippen molar-refractivity contribution in [1.82, 2.24) is 9.97 Å². The van der Waals surface area contributed by atoms with Crippen molar-refractivity contribution in [2.75, 3.05) is 0 Å². The van der Waals surface area contributed by atoms with Gasteiger partial charge in [-0.25, -0.2) is 9.97 Å². The second kappa shape index (κ2) is 9.14. The minimum atomic E-state index is 0.876. The van der Waals surface area contributed by atoms with E-state index in [0.717, 1.165) is 38.9 Å². The molecular weight excluding hydrogens is 484 g/mol. The maximum absolute atomic E-state index is 5.15. The molecule has 0 N–H and O–H groups in total. The van der Waals surface area contributed by atoms with E-state index in [-0.39, 0.29) is 0 Å². The number of aromatic nitrogens is 2. The standard InChI is InChI=1S/C38H24N2/c1-2-14-28-26(11-1)24-34(30-16-4-3-15-29(28)30)25-12-9-13-27(23-25)35-21-10-22-37(39-35)38-33-19-6-5-17-31(33)32-18-7-8-20-36(32)40-38/h1-24H. The van der Waals surface area contributed by atoms with Crippen molar-refractivity contribution in [1.29, 1.82) is 0 Å². The summed E-state index contributed by atoms with van der Waals surface area (Å²) in [7, 11) is 0. The molecule has 0 saturated carbocycles. The van der Waals surface area contributed by atoms with Crippen molar-refractivity contribution in [3.05, 3.63) is 146 Å². The topological polar surface area (TPSA) is 25.8 Å². The highest BCUT2D eigenvalue weighted by atomic mass is 14.8. The fourth-order valence-electron chi connectivity index (χ4n) is 5.97. The van der Waals surface area contributed by atoms with Crippen molar-refractivity contribution in [2.45, 2.75) is 0 Å². The number of hydrogen-bond donors (Lipinski definition) is 0. The van der Waals surface area contributed by atoms with Crippen LogP contribution >= 0.6 is 0 Å². The van der Waals surface area contributed by atoms with E-state index in [4.69, 9.17) is 9.97 Å². The largest absolute Gasteiger partial charge is 0.246 e. The predicted octanol–water partition coefficient (Wildman–Crippen LogP) is 10.1. The number of hydrogen-bond acceptors (Lipinski definition) is 2. The van der Waals surface area contributed by atoms with Gasteiger partial charge in [-0.1, -0.05) is 115 Å². The average molecular weight is 509 g/mol. The minimum Gasteiger partial charge on any atom is -0.246 e. The predicted molar refractivity (Wildman–Crippen MR) is 168 cm³/mol. The lowest BCUT2D eigenvalue weighted by molar-refractivity contribution is 1.29. The van der Waals surface area contributed by atoms with Gasteiger partial charge in [0.25, 0.3) is 0 Å². The fraction of sp³-hybridized carbons (Fsp3) is 0. The summed E-state index contributed by atoms with van der Waals surface area (Å²) in [5.74, 6) is 0. The van der Waals surface area contributed by atoms with Crippen LogP contribution in [0.15, 0.2) is 146 Å². The van der Waals surface area contributed by atoms with Crippen molar-refractivity contribution in [3.8, 4) is 33.8 Å². The molecule has 0 atom stereocenters. The second-order valence-corrected chi connectivity index (χ2v) is 10.2. The van der Waals surface area contributed by atoms with Crippen molar-refractivity contribution >= 4 is 43.2 Å². The normalized spacial score (nSPS) is 11.5. The number of nitrogens with zero attached hydrogens (tertiary/aromatic N) is 2. The third-order valence-corrected chi connectivity index (χ3v) is 7.84. The Bertz CT molecular complexity index is 2070. The van der Waals surface area contributed by atoms with Gasteiger partial charge in [0.2, 0.25) is 0 Å². The molecule has 8 aromatic rings. The van der Waals surface area contributed by atoms with Crippen LogP contribution in [0.1, 0.15) is 0 Å². The van der Waals surface area contributed by atoms with Gasteiger partial charge in [-0.05, 0) is 68.4 Å². The quantitative estimate of drug-likeness (QED) is 0.222. The Morgan fingerprint density at radius 3 is 1.80 bits per heavy atom. The Hall–Kier alpha value is -5.34. The third kappa shape index (κ3) is 3.65. The first-order valence-electron chi connectivity index (χ1n) is 13.6. The van der Waals surface area contributed by atoms with Crippen LogP contribution in [0.3, 0.4) is 0 Å². The number of pyridine rings is 2. The van der Waals surface area contributed by atoms with E-state index < -0.39 is 0 Å². The van der Waals surface area contributed by atoms with Crippen LogP contribution in [-0.4, -0.2) is 9.97 Å². The molecule has 0 radical (unpaired) electrons. The Morgan fingerprint density at radius 2 is 0.950 bits per heavy atom. The fourth-order valence-corrected chi connectivity index (χ4v) is 5.97. The summed E-state index contributed by atoms with van der Waals surface area (Å²) < 4.78 is 0. The summed E-state index contributed by atoms with van der Waals surface area (Å²) in [5, 5.41) is 8.52. The molecule has 2 aromatic heterocycles. The highest BCUT2D eigenvalue weighted by Gasteiger charge is 2.13. The van der Waals surface area contributed by atoms with Crippen LogP contribution in [0.5, 0.6) is 0 Å². The number of rotatable bonds is 3. The maximum Gasteiger partial charge on any atom is 0.0972 e. The molecule has 8 rings (SSSR count). The molecule has 0 unspecified atom stereocenters. The summed E-state index contributed by atoms with van der Waals surface area (Å²) in [4.78, 5) is 10.2. The Labute approximate surface area is 232 Å². The monoisotopic (exact) mass is 508 g/mol. The molecule has 40 heavy (non-hydrogen) atoms. The van der Waals surface area contributed by atoms with E-state index in [1.165, 1.54) is 38.1 Å². The van der Waals surface area contributed by atoms with E-state index in [1.807, 2.05) is 6.07 Å². The lowest BCUT2D eigenvalue weighted by Crippen LogP contribution is -1.93. The number of fused-ring (bicyclic) bond motifs is 6. The van der Waals surface area contributed by atoms with Crippen molar-refractivity contribution < 1.29 is 0 Å². The first-order valence-corrected chi connectivity index (χ1v) is 13.6. The summed E-state index contributed by atoms with van der Waals surface area (Å²) in [6, 6.07) is 51.4. The van der Waals surface area contributed by atoms with Gasteiger partial charge in [0.1, 0.15) is 0 Å². The first kappa shape index (κ1) is 22.6. The molecule has 2 nitrogen and oxygen atoms in total. The van der Waals surface area contributed by atoms with Gasteiger partial charge >= 0.3 is 0 Å². The molecule has 0 bridgehead atoms. The van der Waals surface area contributed by atoms with E-state index in [0.29, 0.717) is 0 Å². The van der Waals surface area contributed by atoms with Gasteiger partial charge in [-0.2, -0.15) is 0 Å². The van der Waals surface area contributed by atoms with Gasteiger partial charge in [0.05, 0.1) is 22.6 Å². The van der Waals surface area contributed by atoms with Gasteiger partial charge < -0.3 is 0 Å². The van der Waals surface area contributed by atoms with E-state index in [9.17, 15) is 0 Å². The molecule has 2 heterocycles. The first-order chi connectivity index (χ1) is 19.8. The average Bonchev–Trinajstić information content (AvgIpc) is 3.04. The minimum absolute atomic E-state index is 0.876. The van der Waals surface area contributed by atoms with E-state index >= 15 is 0 Å². The zero-order valence-corrected chi connectivity index (χ0v) is 21.8. The molecule has 0 amide bonds. The smallest absolute Gasteiger partial charge is 0.0972 e. The van der Waals surface area contributed by atoms with E-state index in [1.54, 1.807) is 0 Å². The molecule has 6 aromatic carbocycles. The van der Waals surface area contributed by atoms with E-state index in [2.05, 4.69) is 140 Å². The third-order valence-electron chi connectivity index (χ3n) is 7.84. The summed E-state index contributed by atoms with van der Waals surface area (Å²) >= 11 is 0. The van der Waals surface area contributed by atoms with Crippen molar-refractivity contribution in [3.63, 3.8) is 0 Å². The molecule has 0 aliphatic carbocycles. The SMILES string of the molecule is c1cc(-c2cccc(-c3nc4ccccc4c4ccccc34)n2)cc(-c2cc3ccccc3c3ccccc23)c1. The molecule has 0 fully saturated rings. The molecule has 186 valence electrons. The highest BCUT2D eigenvalue weighted by Crippen LogP contribution is 2.37. The van der Waals surface area contributed by atoms with Crippen molar-refractivity contribution in [2.24, 2.45) is 0 Å². The summed E-state index contributed by atoms with van der Waals surface area (Å²) in [6.07, 6.45) is 0. The van der Waals surface area contributed by atoms with Gasteiger partial charge in [0, 0.05) is 16.3 Å². The Balaban J connectivity index is 1.29. The lowest BCUT2D eigenvalue weighted by atomic mass is 9.92. The number of para-hydroxylation sites is 1. The summed E-state index contributed by atoms with van der Waals surface area (Å²) in [5.41, 5.74) is 7.20. The molecule has 2 heteroatoms. The molecule has 0 spiro atoms. The number of benzene rings is 6. The van der Waals surface area contributed by atoms with Crippen LogP contribution in [0.2, 0.25) is 0 Å². The van der Waals surface area contributed by atoms with Crippen LogP contribution in [0, 0.1) is 0 Å².